The van der Waals surface area contributed by atoms with Crippen molar-refractivity contribution in [3.63, 3.8) is 0 Å². The number of amides is 1. The number of likely N-dealkylation sites (tertiary alicyclic amines) is 1. The Hall–Kier alpha value is -1.14. The van der Waals surface area contributed by atoms with Crippen LogP contribution >= 0.6 is 11.3 Å². The lowest BCUT2D eigenvalue weighted by Crippen LogP contribution is -2.38. The Labute approximate surface area is 112 Å². The molecule has 1 amide bonds. The fourth-order valence-corrected chi connectivity index (χ4v) is 3.05. The Bertz CT molecular complexity index is 416. The lowest BCUT2D eigenvalue weighted by atomic mass is 10.2. The van der Waals surface area contributed by atoms with Crippen molar-refractivity contribution in [3.05, 3.63) is 11.1 Å². The summed E-state index contributed by atoms with van der Waals surface area (Å²) >= 11 is 1.32. The van der Waals surface area contributed by atoms with E-state index in [0.717, 1.165) is 32.6 Å². The van der Waals surface area contributed by atoms with Crippen LogP contribution in [0.2, 0.25) is 0 Å². The molecule has 5 nitrogen and oxygen atoms in total. The third-order valence-electron chi connectivity index (χ3n) is 3.52. The second-order valence-electron chi connectivity index (χ2n) is 4.49. The third-order valence-corrected chi connectivity index (χ3v) is 4.19. The SMILES string of the molecule is CCN(CC)C1CCN(C(=O)c2csc(N)n2)C1. The van der Waals surface area contributed by atoms with E-state index in [9.17, 15) is 4.79 Å². The summed E-state index contributed by atoms with van der Waals surface area (Å²) in [6, 6.07) is 0.486. The van der Waals surface area contributed by atoms with Gasteiger partial charge in [0.2, 0.25) is 0 Å². The molecule has 1 aromatic heterocycles. The Morgan fingerprint density at radius 2 is 2.33 bits per heavy atom. The number of likely N-dealkylation sites (N-methyl/N-ethyl adjacent to an activating group) is 1. The van der Waals surface area contributed by atoms with Gasteiger partial charge in [0.05, 0.1) is 0 Å². The average Bonchev–Trinajstić information content (AvgIpc) is 2.99. The first-order chi connectivity index (χ1) is 8.65. The highest BCUT2D eigenvalue weighted by Gasteiger charge is 2.30. The van der Waals surface area contributed by atoms with Crippen molar-refractivity contribution >= 4 is 22.4 Å². The number of carbonyl (C=O) groups excluding carboxylic acids is 1. The molecule has 0 radical (unpaired) electrons. The number of carbonyl (C=O) groups is 1. The fraction of sp³-hybridized carbons (Fsp3) is 0.667. The van der Waals surface area contributed by atoms with E-state index in [1.807, 2.05) is 4.90 Å². The molecule has 1 unspecified atom stereocenters. The predicted molar refractivity (Wildman–Crippen MR) is 73.8 cm³/mol. The number of hydrogen-bond donors (Lipinski definition) is 1. The minimum Gasteiger partial charge on any atom is -0.375 e. The molecule has 1 fully saturated rings. The monoisotopic (exact) mass is 268 g/mol. The van der Waals surface area contributed by atoms with Crippen LogP contribution in [0.25, 0.3) is 0 Å². The molecule has 2 rings (SSSR count). The smallest absolute Gasteiger partial charge is 0.273 e. The molecule has 1 aliphatic heterocycles. The molecule has 2 heterocycles. The summed E-state index contributed by atoms with van der Waals surface area (Å²) in [5.74, 6) is 0.0117. The van der Waals surface area contributed by atoms with Crippen LogP contribution in [0.1, 0.15) is 30.8 Å². The summed E-state index contributed by atoms with van der Waals surface area (Å²) in [7, 11) is 0. The van der Waals surface area contributed by atoms with Crippen molar-refractivity contribution in [2.45, 2.75) is 26.3 Å². The Kier molecular flexibility index (Phi) is 4.19. The maximum absolute atomic E-state index is 12.2. The van der Waals surface area contributed by atoms with Crippen molar-refractivity contribution in [2.75, 3.05) is 31.9 Å². The van der Waals surface area contributed by atoms with Gasteiger partial charge in [-0.1, -0.05) is 13.8 Å². The highest BCUT2D eigenvalue weighted by atomic mass is 32.1. The van der Waals surface area contributed by atoms with Crippen LogP contribution in [-0.4, -0.2) is 52.9 Å². The molecule has 0 aromatic carbocycles. The van der Waals surface area contributed by atoms with Crippen molar-refractivity contribution in [1.82, 2.24) is 14.8 Å². The first-order valence-corrected chi connectivity index (χ1v) is 7.28. The molecule has 0 aliphatic carbocycles. The van der Waals surface area contributed by atoms with Gasteiger partial charge >= 0.3 is 0 Å². The van der Waals surface area contributed by atoms with Crippen LogP contribution in [0, 0.1) is 0 Å². The quantitative estimate of drug-likeness (QED) is 0.893. The van der Waals surface area contributed by atoms with Gasteiger partial charge in [-0.05, 0) is 19.5 Å². The van der Waals surface area contributed by atoms with E-state index >= 15 is 0 Å². The molecule has 6 heteroatoms. The van der Waals surface area contributed by atoms with Crippen LogP contribution in [0.15, 0.2) is 5.38 Å². The molecule has 1 saturated heterocycles. The number of nitrogen functional groups attached to an aromatic ring is 1. The minimum absolute atomic E-state index is 0.0117. The highest BCUT2D eigenvalue weighted by molar-refractivity contribution is 7.13. The summed E-state index contributed by atoms with van der Waals surface area (Å²) in [6.45, 7) is 8.01. The van der Waals surface area contributed by atoms with Gasteiger partial charge in [-0.3, -0.25) is 9.69 Å². The van der Waals surface area contributed by atoms with Crippen LogP contribution in [0.3, 0.4) is 0 Å². The van der Waals surface area contributed by atoms with Gasteiger partial charge in [0.25, 0.3) is 5.91 Å². The van der Waals surface area contributed by atoms with Gasteiger partial charge in [-0.2, -0.15) is 0 Å². The van der Waals surface area contributed by atoms with Gasteiger partial charge < -0.3 is 10.6 Å². The topological polar surface area (TPSA) is 62.5 Å². The van der Waals surface area contributed by atoms with E-state index in [-0.39, 0.29) is 5.91 Å². The van der Waals surface area contributed by atoms with Gasteiger partial charge in [0, 0.05) is 24.5 Å². The summed E-state index contributed by atoms with van der Waals surface area (Å²) in [6.07, 6.45) is 1.05. The fourth-order valence-electron chi connectivity index (χ4n) is 2.51. The van der Waals surface area contributed by atoms with Crippen LogP contribution < -0.4 is 5.73 Å². The summed E-state index contributed by atoms with van der Waals surface area (Å²) < 4.78 is 0. The van der Waals surface area contributed by atoms with Gasteiger partial charge in [0.15, 0.2) is 5.13 Å². The van der Waals surface area contributed by atoms with E-state index in [0.29, 0.717) is 16.9 Å². The maximum atomic E-state index is 12.2. The van der Waals surface area contributed by atoms with Crippen molar-refractivity contribution in [1.29, 1.82) is 0 Å². The number of nitrogens with two attached hydrogens (primary N) is 1. The molecule has 0 saturated carbocycles. The zero-order valence-corrected chi connectivity index (χ0v) is 11.7. The first-order valence-electron chi connectivity index (χ1n) is 6.40. The number of thiazole rings is 1. The molecular weight excluding hydrogens is 248 g/mol. The maximum Gasteiger partial charge on any atom is 0.273 e. The number of anilines is 1. The number of aromatic nitrogens is 1. The lowest BCUT2D eigenvalue weighted by molar-refractivity contribution is 0.0773. The van der Waals surface area contributed by atoms with Crippen molar-refractivity contribution in [3.8, 4) is 0 Å². The lowest BCUT2D eigenvalue weighted by Gasteiger charge is -2.25. The van der Waals surface area contributed by atoms with Crippen LogP contribution in [0.4, 0.5) is 5.13 Å². The number of rotatable bonds is 4. The summed E-state index contributed by atoms with van der Waals surface area (Å²) in [5, 5.41) is 2.19. The summed E-state index contributed by atoms with van der Waals surface area (Å²) in [4.78, 5) is 20.5. The summed E-state index contributed by atoms with van der Waals surface area (Å²) in [5.41, 5.74) is 6.05. The molecule has 18 heavy (non-hydrogen) atoms. The molecule has 1 atom stereocenters. The first kappa shape index (κ1) is 13.3. The standard InChI is InChI=1S/C12H20N4OS/c1-3-15(4-2)9-5-6-16(7-9)11(17)10-8-18-12(13)14-10/h8-9H,3-7H2,1-2H3,(H2,13,14). The minimum atomic E-state index is 0.0117. The van der Waals surface area contributed by atoms with E-state index in [1.54, 1.807) is 5.38 Å². The van der Waals surface area contributed by atoms with E-state index < -0.39 is 0 Å². The largest absolute Gasteiger partial charge is 0.375 e. The van der Waals surface area contributed by atoms with Crippen LogP contribution in [-0.2, 0) is 0 Å². The zero-order valence-electron chi connectivity index (χ0n) is 10.9. The molecule has 100 valence electrons. The molecule has 0 spiro atoms. The average molecular weight is 268 g/mol. The number of nitrogens with zero attached hydrogens (tertiary/aromatic N) is 3. The molecule has 0 bridgehead atoms. The Balaban J connectivity index is 1.98. The zero-order chi connectivity index (χ0) is 13.1. The van der Waals surface area contributed by atoms with E-state index in [2.05, 4.69) is 23.7 Å². The highest BCUT2D eigenvalue weighted by Crippen LogP contribution is 2.19. The molecule has 1 aliphatic rings. The third kappa shape index (κ3) is 2.64. The molecular formula is C12H20N4OS. The van der Waals surface area contributed by atoms with Gasteiger partial charge in [-0.25, -0.2) is 4.98 Å². The second-order valence-corrected chi connectivity index (χ2v) is 5.38. The van der Waals surface area contributed by atoms with Crippen molar-refractivity contribution in [2.24, 2.45) is 0 Å². The molecule has 2 N–H and O–H groups in total. The Morgan fingerprint density at radius 3 is 2.89 bits per heavy atom. The predicted octanol–water partition coefficient (Wildman–Crippen LogP) is 1.28. The van der Waals surface area contributed by atoms with Gasteiger partial charge in [0.1, 0.15) is 5.69 Å². The molecule has 1 aromatic rings. The van der Waals surface area contributed by atoms with Crippen LogP contribution in [0.5, 0.6) is 0 Å². The van der Waals surface area contributed by atoms with E-state index in [4.69, 9.17) is 5.73 Å². The van der Waals surface area contributed by atoms with Crippen molar-refractivity contribution < 1.29 is 4.79 Å². The normalized spacial score (nSPS) is 19.7. The van der Waals surface area contributed by atoms with E-state index in [1.165, 1.54) is 11.3 Å². The number of hydrogen-bond acceptors (Lipinski definition) is 5. The van der Waals surface area contributed by atoms with Gasteiger partial charge in [-0.15, -0.1) is 11.3 Å². The Morgan fingerprint density at radius 1 is 1.61 bits per heavy atom. The second kappa shape index (κ2) is 5.67.